The van der Waals surface area contributed by atoms with Gasteiger partial charge in [0.05, 0.1) is 0 Å². The first-order valence-electron chi connectivity index (χ1n) is 4.00. The molecule has 0 N–H and O–H groups in total. The number of piperazine rings is 1. The van der Waals surface area contributed by atoms with E-state index in [0.717, 1.165) is 19.6 Å². The maximum absolute atomic E-state index is 5.02. The average Bonchev–Trinajstić information content (AvgIpc) is 2.03. The van der Waals surface area contributed by atoms with Gasteiger partial charge in [-0.05, 0) is 6.92 Å². The third-order valence-corrected chi connectivity index (χ3v) is 3.18. The predicted octanol–water partition coefficient (Wildman–Crippen LogP) is 1.42. The van der Waals surface area contributed by atoms with Crippen LogP contribution in [0.4, 0.5) is 0 Å². The summed E-state index contributed by atoms with van der Waals surface area (Å²) in [5.41, 5.74) is 0. The number of rotatable bonds is 0. The van der Waals surface area contributed by atoms with Crippen molar-refractivity contribution in [1.29, 1.82) is 0 Å². The molecule has 74 valence electrons. The molecular formula is C7H12N2S4. The zero-order chi connectivity index (χ0) is 10.0. The molecule has 2 nitrogen and oxygen atoms in total. The van der Waals surface area contributed by atoms with Crippen LogP contribution in [0.5, 0.6) is 0 Å². The van der Waals surface area contributed by atoms with Crippen molar-refractivity contribution in [3.63, 3.8) is 0 Å². The van der Waals surface area contributed by atoms with Crippen LogP contribution in [0.2, 0.25) is 0 Å². The lowest BCUT2D eigenvalue weighted by atomic mass is 10.2. The lowest BCUT2D eigenvalue weighted by molar-refractivity contribution is 0.206. The summed E-state index contributed by atoms with van der Waals surface area (Å²) >= 11 is 18.3. The van der Waals surface area contributed by atoms with Gasteiger partial charge in [-0.25, -0.2) is 0 Å². The predicted molar refractivity (Wildman–Crippen MR) is 70.9 cm³/mol. The Hall–Kier alpha value is 0.480. The number of thiocarbonyl (C=S) groups is 2. The fourth-order valence-electron chi connectivity index (χ4n) is 1.42. The maximum atomic E-state index is 5.02. The Morgan fingerprint density at radius 3 is 2.23 bits per heavy atom. The van der Waals surface area contributed by atoms with E-state index in [0.29, 0.717) is 14.7 Å². The van der Waals surface area contributed by atoms with E-state index in [-0.39, 0.29) is 0 Å². The van der Waals surface area contributed by atoms with Gasteiger partial charge in [-0.3, -0.25) is 0 Å². The summed E-state index contributed by atoms with van der Waals surface area (Å²) in [6.45, 7) is 4.75. The summed E-state index contributed by atoms with van der Waals surface area (Å²) in [4.78, 5) is 4.17. The first-order chi connectivity index (χ1) is 6.02. The second-order valence-electron chi connectivity index (χ2n) is 3.05. The zero-order valence-corrected chi connectivity index (χ0v) is 10.7. The first kappa shape index (κ1) is 11.6. The summed E-state index contributed by atoms with van der Waals surface area (Å²) < 4.78 is 1.33. The van der Waals surface area contributed by atoms with Crippen LogP contribution in [-0.4, -0.2) is 44.1 Å². The fourth-order valence-corrected chi connectivity index (χ4v) is 2.33. The van der Waals surface area contributed by atoms with E-state index >= 15 is 0 Å². The van der Waals surface area contributed by atoms with Crippen molar-refractivity contribution in [3.8, 4) is 0 Å². The van der Waals surface area contributed by atoms with Crippen molar-refractivity contribution in [2.24, 2.45) is 0 Å². The molecule has 0 bridgehead atoms. The first-order valence-corrected chi connectivity index (χ1v) is 5.71. The highest BCUT2D eigenvalue weighted by Crippen LogP contribution is 2.13. The van der Waals surface area contributed by atoms with E-state index in [1.54, 1.807) is 0 Å². The molecule has 0 spiro atoms. The molecule has 1 aliphatic rings. The second kappa shape index (κ2) is 4.82. The minimum Gasteiger partial charge on any atom is -0.354 e. The Bertz CT molecular complexity index is 231. The van der Waals surface area contributed by atoms with Crippen molar-refractivity contribution in [2.45, 2.75) is 13.0 Å². The van der Waals surface area contributed by atoms with Crippen LogP contribution in [0.25, 0.3) is 0 Å². The van der Waals surface area contributed by atoms with Gasteiger partial charge in [0, 0.05) is 25.7 Å². The molecule has 0 aromatic heterocycles. The smallest absolute Gasteiger partial charge is 0.133 e. The second-order valence-corrected chi connectivity index (χ2v) is 5.28. The van der Waals surface area contributed by atoms with E-state index in [1.165, 1.54) is 0 Å². The van der Waals surface area contributed by atoms with Gasteiger partial charge < -0.3 is 9.80 Å². The van der Waals surface area contributed by atoms with Crippen LogP contribution in [-0.2, 0) is 0 Å². The molecule has 1 rings (SSSR count). The monoisotopic (exact) mass is 252 g/mol. The van der Waals surface area contributed by atoms with Crippen LogP contribution < -0.4 is 0 Å². The quantitative estimate of drug-likeness (QED) is 0.497. The SMILES string of the molecule is CC1CN(C(=S)S)CCN1C(=S)S. The Balaban J connectivity index is 2.56. The van der Waals surface area contributed by atoms with Gasteiger partial charge in [0.1, 0.15) is 8.64 Å². The molecule has 1 aliphatic heterocycles. The van der Waals surface area contributed by atoms with E-state index in [4.69, 9.17) is 24.4 Å². The molecule has 6 heteroatoms. The van der Waals surface area contributed by atoms with E-state index < -0.39 is 0 Å². The van der Waals surface area contributed by atoms with E-state index in [2.05, 4.69) is 42.0 Å². The molecule has 1 unspecified atom stereocenters. The van der Waals surface area contributed by atoms with Crippen molar-refractivity contribution in [1.82, 2.24) is 9.80 Å². The molecule has 1 saturated heterocycles. The molecule has 13 heavy (non-hydrogen) atoms. The van der Waals surface area contributed by atoms with Gasteiger partial charge in [-0.15, -0.1) is 25.3 Å². The number of thiol groups is 2. The molecule has 0 saturated carbocycles. The molecular weight excluding hydrogens is 240 g/mol. The molecule has 1 fully saturated rings. The van der Waals surface area contributed by atoms with Crippen molar-refractivity contribution >= 4 is 58.3 Å². The molecule has 0 aromatic rings. The number of hydrogen-bond acceptors (Lipinski definition) is 2. The summed E-state index contributed by atoms with van der Waals surface area (Å²) in [6, 6.07) is 0.365. The largest absolute Gasteiger partial charge is 0.354 e. The van der Waals surface area contributed by atoms with Gasteiger partial charge in [-0.2, -0.15) is 0 Å². The van der Waals surface area contributed by atoms with Gasteiger partial charge in [0.2, 0.25) is 0 Å². The molecule has 0 radical (unpaired) electrons. The van der Waals surface area contributed by atoms with E-state index in [1.807, 2.05) is 0 Å². The summed E-state index contributed by atoms with van der Waals surface area (Å²) in [7, 11) is 0. The van der Waals surface area contributed by atoms with Crippen molar-refractivity contribution < 1.29 is 0 Å². The zero-order valence-electron chi connectivity index (χ0n) is 7.30. The molecule has 1 heterocycles. The normalized spacial score (nSPS) is 23.2. The fraction of sp³-hybridized carbons (Fsp3) is 0.714. The van der Waals surface area contributed by atoms with E-state index in [9.17, 15) is 0 Å². The van der Waals surface area contributed by atoms with Crippen molar-refractivity contribution in [2.75, 3.05) is 19.6 Å². The lowest BCUT2D eigenvalue weighted by Crippen LogP contribution is -2.53. The van der Waals surface area contributed by atoms with Crippen LogP contribution in [0.15, 0.2) is 0 Å². The van der Waals surface area contributed by atoms with Gasteiger partial charge in [-0.1, -0.05) is 24.4 Å². The Labute approximate surface area is 100 Å². The minimum atomic E-state index is 0.365. The van der Waals surface area contributed by atoms with Crippen molar-refractivity contribution in [3.05, 3.63) is 0 Å². The van der Waals surface area contributed by atoms with Crippen LogP contribution >= 0.6 is 49.7 Å². The number of nitrogens with zero attached hydrogens (tertiary/aromatic N) is 2. The topological polar surface area (TPSA) is 6.48 Å². The minimum absolute atomic E-state index is 0.365. The number of hydrogen-bond donors (Lipinski definition) is 2. The van der Waals surface area contributed by atoms with Gasteiger partial charge in [0.15, 0.2) is 0 Å². The lowest BCUT2D eigenvalue weighted by Gasteiger charge is -2.40. The highest BCUT2D eigenvalue weighted by atomic mass is 32.1. The van der Waals surface area contributed by atoms with Crippen LogP contribution in [0, 0.1) is 0 Å². The van der Waals surface area contributed by atoms with Crippen LogP contribution in [0.1, 0.15) is 6.92 Å². The molecule has 0 aliphatic carbocycles. The standard InChI is InChI=1S/C7H12N2S4/c1-5-4-8(6(10)11)2-3-9(5)7(12)13/h5H,2-4H2,1H3,(H,10,11)(H,12,13). The van der Waals surface area contributed by atoms with Gasteiger partial charge in [0.25, 0.3) is 0 Å². The third-order valence-electron chi connectivity index (χ3n) is 2.14. The Morgan fingerprint density at radius 1 is 1.23 bits per heavy atom. The van der Waals surface area contributed by atoms with Crippen LogP contribution in [0.3, 0.4) is 0 Å². The summed E-state index contributed by atoms with van der Waals surface area (Å²) in [5.74, 6) is 0. The van der Waals surface area contributed by atoms with Gasteiger partial charge >= 0.3 is 0 Å². The molecule has 0 amide bonds. The average molecular weight is 252 g/mol. The summed E-state index contributed by atoms with van der Waals surface area (Å²) in [5, 5.41) is 0. The third kappa shape index (κ3) is 2.97. The molecule has 1 atom stereocenters. The maximum Gasteiger partial charge on any atom is 0.133 e. The summed E-state index contributed by atoms with van der Waals surface area (Å²) in [6.07, 6.45) is 0. The highest BCUT2D eigenvalue weighted by molar-refractivity contribution is 8.11. The molecule has 0 aromatic carbocycles. The Morgan fingerprint density at radius 2 is 1.85 bits per heavy atom. The highest BCUT2D eigenvalue weighted by Gasteiger charge is 2.24. The Kier molecular flexibility index (Phi) is 4.28.